The first-order chi connectivity index (χ1) is 7.50. The molecule has 1 atom stereocenters. The number of rotatable bonds is 6. The lowest BCUT2D eigenvalue weighted by Gasteiger charge is -2.28. The highest BCUT2D eigenvalue weighted by atomic mass is 32.1. The van der Waals surface area contributed by atoms with Gasteiger partial charge in [0, 0.05) is 12.1 Å². The van der Waals surface area contributed by atoms with E-state index in [2.05, 4.69) is 10.3 Å². The van der Waals surface area contributed by atoms with E-state index in [9.17, 15) is 10.1 Å². The maximum atomic E-state index is 10.5. The Kier molecular flexibility index (Phi) is 4.19. The van der Waals surface area contributed by atoms with Gasteiger partial charge in [0.05, 0.1) is 4.92 Å². The van der Waals surface area contributed by atoms with Crippen LogP contribution in [-0.2, 0) is 0 Å². The zero-order valence-electron chi connectivity index (χ0n) is 9.27. The lowest BCUT2D eigenvalue weighted by molar-refractivity contribution is -0.380. The summed E-state index contributed by atoms with van der Waals surface area (Å²) in [6.45, 7) is 4.02. The van der Waals surface area contributed by atoms with Crippen LogP contribution in [0.5, 0.6) is 0 Å². The predicted molar refractivity (Wildman–Crippen MR) is 62.8 cm³/mol. The van der Waals surface area contributed by atoms with Crippen molar-refractivity contribution in [1.82, 2.24) is 4.98 Å². The first-order valence-electron chi connectivity index (χ1n) is 5.00. The third-order valence-corrected chi connectivity index (χ3v) is 3.39. The molecule has 0 aliphatic carbocycles. The smallest absolute Gasteiger partial charge is 0.345 e. The third-order valence-electron chi connectivity index (χ3n) is 2.53. The van der Waals surface area contributed by atoms with E-state index >= 15 is 0 Å². The molecule has 2 N–H and O–H groups in total. The summed E-state index contributed by atoms with van der Waals surface area (Å²) in [6.07, 6.45) is 2.62. The fourth-order valence-electron chi connectivity index (χ4n) is 1.24. The van der Waals surface area contributed by atoms with Gasteiger partial charge in [0.1, 0.15) is 6.20 Å². The summed E-state index contributed by atoms with van der Waals surface area (Å²) in [5.41, 5.74) is -0.277. The summed E-state index contributed by atoms with van der Waals surface area (Å²) < 4.78 is 0. The lowest BCUT2D eigenvalue weighted by atomic mass is 9.95. The molecule has 0 bridgehead atoms. The predicted octanol–water partition coefficient (Wildman–Crippen LogP) is 2.01. The van der Waals surface area contributed by atoms with Crippen LogP contribution in [-0.4, -0.2) is 27.2 Å². The van der Waals surface area contributed by atoms with Gasteiger partial charge in [-0.3, -0.25) is 10.1 Å². The number of aromatic nitrogens is 1. The highest BCUT2D eigenvalue weighted by Crippen LogP contribution is 2.29. The van der Waals surface area contributed by atoms with Crippen molar-refractivity contribution in [2.24, 2.45) is 0 Å². The van der Waals surface area contributed by atoms with E-state index in [1.54, 1.807) is 0 Å². The summed E-state index contributed by atoms with van der Waals surface area (Å²) in [4.78, 5) is 14.0. The molecule has 1 unspecified atom stereocenters. The van der Waals surface area contributed by atoms with Gasteiger partial charge in [-0.25, -0.2) is 4.98 Å². The van der Waals surface area contributed by atoms with Gasteiger partial charge in [-0.15, -0.1) is 0 Å². The third kappa shape index (κ3) is 3.14. The summed E-state index contributed by atoms with van der Waals surface area (Å²) >= 11 is 1.01. The molecular formula is C9H15N3O3S. The van der Waals surface area contributed by atoms with E-state index in [-0.39, 0.29) is 17.1 Å². The van der Waals surface area contributed by atoms with E-state index < -0.39 is 4.92 Å². The van der Waals surface area contributed by atoms with Crippen molar-refractivity contribution in [3.63, 3.8) is 0 Å². The van der Waals surface area contributed by atoms with Gasteiger partial charge in [-0.1, -0.05) is 6.92 Å². The number of nitro groups is 1. The zero-order chi connectivity index (χ0) is 12.2. The Morgan fingerprint density at radius 1 is 1.75 bits per heavy atom. The highest BCUT2D eigenvalue weighted by molar-refractivity contribution is 7.18. The Morgan fingerprint density at radius 2 is 2.44 bits per heavy atom. The van der Waals surface area contributed by atoms with Gasteiger partial charge in [0.25, 0.3) is 0 Å². The zero-order valence-corrected chi connectivity index (χ0v) is 10.1. The van der Waals surface area contributed by atoms with E-state index in [1.807, 2.05) is 13.8 Å². The Hall–Kier alpha value is -1.21. The average Bonchev–Trinajstić information content (AvgIpc) is 2.66. The Balaban J connectivity index is 2.74. The van der Waals surface area contributed by atoms with Gasteiger partial charge in [0.2, 0.25) is 0 Å². The molecule has 0 saturated carbocycles. The monoisotopic (exact) mass is 245 g/mol. The van der Waals surface area contributed by atoms with Gasteiger partial charge in [0.15, 0.2) is 5.13 Å². The molecular weight excluding hydrogens is 230 g/mol. The van der Waals surface area contributed by atoms with Gasteiger partial charge >= 0.3 is 5.00 Å². The molecule has 16 heavy (non-hydrogen) atoms. The van der Waals surface area contributed by atoms with Crippen LogP contribution in [0, 0.1) is 10.1 Å². The second kappa shape index (κ2) is 5.22. The van der Waals surface area contributed by atoms with Crippen molar-refractivity contribution >= 4 is 21.5 Å². The highest BCUT2D eigenvalue weighted by Gasteiger charge is 2.23. The van der Waals surface area contributed by atoms with Gasteiger partial charge < -0.3 is 10.4 Å². The van der Waals surface area contributed by atoms with Crippen LogP contribution in [0.25, 0.3) is 0 Å². The van der Waals surface area contributed by atoms with Crippen LogP contribution < -0.4 is 5.32 Å². The van der Waals surface area contributed by atoms with Crippen molar-refractivity contribution < 1.29 is 10.0 Å². The Morgan fingerprint density at radius 3 is 2.88 bits per heavy atom. The Bertz CT molecular complexity index is 369. The molecule has 90 valence electrons. The quantitative estimate of drug-likeness (QED) is 0.591. The van der Waals surface area contributed by atoms with Crippen LogP contribution in [0.2, 0.25) is 0 Å². The molecule has 0 saturated heterocycles. The molecule has 0 aliphatic rings. The van der Waals surface area contributed by atoms with Crippen LogP contribution >= 0.6 is 11.3 Å². The lowest BCUT2D eigenvalue weighted by Crippen LogP contribution is -2.34. The SMILES string of the molecule is CCC(C)(CCO)Nc1ncc([N+](=O)[O-])s1. The normalized spacial score (nSPS) is 14.4. The van der Waals surface area contributed by atoms with Gasteiger partial charge in [-0.2, -0.15) is 0 Å². The topological polar surface area (TPSA) is 88.3 Å². The van der Waals surface area contributed by atoms with Crippen molar-refractivity contribution in [3.05, 3.63) is 16.3 Å². The number of nitrogens with one attached hydrogen (secondary N) is 1. The molecule has 0 radical (unpaired) electrons. The van der Waals surface area contributed by atoms with Crippen LogP contribution in [0.3, 0.4) is 0 Å². The van der Waals surface area contributed by atoms with Crippen molar-refractivity contribution in [1.29, 1.82) is 0 Å². The fraction of sp³-hybridized carbons (Fsp3) is 0.667. The number of nitrogens with zero attached hydrogens (tertiary/aromatic N) is 2. The van der Waals surface area contributed by atoms with Crippen LogP contribution in [0.1, 0.15) is 26.7 Å². The minimum Gasteiger partial charge on any atom is -0.396 e. The molecule has 0 aliphatic heterocycles. The largest absolute Gasteiger partial charge is 0.396 e. The van der Waals surface area contributed by atoms with Crippen LogP contribution in [0.4, 0.5) is 10.1 Å². The van der Waals surface area contributed by atoms with Crippen molar-refractivity contribution in [2.45, 2.75) is 32.2 Å². The van der Waals surface area contributed by atoms with E-state index in [0.29, 0.717) is 11.6 Å². The second-order valence-electron chi connectivity index (χ2n) is 3.77. The summed E-state index contributed by atoms with van der Waals surface area (Å²) in [5.74, 6) is 0. The maximum absolute atomic E-state index is 10.5. The molecule has 0 fully saturated rings. The molecule has 0 spiro atoms. The average molecular weight is 245 g/mol. The summed E-state index contributed by atoms with van der Waals surface area (Å²) in [7, 11) is 0. The maximum Gasteiger partial charge on any atom is 0.345 e. The molecule has 1 aromatic heterocycles. The first kappa shape index (κ1) is 12.9. The molecule has 7 heteroatoms. The number of thiazole rings is 1. The fourth-order valence-corrected chi connectivity index (χ4v) is 2.02. The van der Waals surface area contributed by atoms with Crippen LogP contribution in [0.15, 0.2) is 6.20 Å². The minimum atomic E-state index is -0.460. The summed E-state index contributed by atoms with van der Waals surface area (Å²) in [6, 6.07) is 0. The number of hydrogen-bond donors (Lipinski definition) is 2. The standard InChI is InChI=1S/C9H15N3O3S/c1-3-9(2,4-5-13)11-8-10-6-7(16-8)12(14)15/h6,13H,3-5H2,1-2H3,(H,10,11). The minimum absolute atomic E-state index is 0.0185. The van der Waals surface area contributed by atoms with E-state index in [0.717, 1.165) is 17.8 Å². The molecule has 1 rings (SSSR count). The second-order valence-corrected chi connectivity index (χ2v) is 4.78. The molecule has 6 nitrogen and oxygen atoms in total. The number of aliphatic hydroxyl groups is 1. The van der Waals surface area contributed by atoms with Gasteiger partial charge in [-0.05, 0) is 31.1 Å². The molecule has 0 aromatic carbocycles. The number of anilines is 1. The van der Waals surface area contributed by atoms with E-state index in [4.69, 9.17) is 5.11 Å². The summed E-state index contributed by atoms with van der Waals surface area (Å²) in [5, 5.41) is 23.1. The number of aliphatic hydroxyl groups excluding tert-OH is 1. The number of hydrogen-bond acceptors (Lipinski definition) is 6. The molecule has 0 amide bonds. The van der Waals surface area contributed by atoms with Crippen molar-refractivity contribution in [3.8, 4) is 0 Å². The first-order valence-corrected chi connectivity index (χ1v) is 5.81. The molecule has 1 aromatic rings. The van der Waals surface area contributed by atoms with E-state index in [1.165, 1.54) is 6.20 Å². The van der Waals surface area contributed by atoms with Crippen molar-refractivity contribution in [2.75, 3.05) is 11.9 Å². The molecule has 1 heterocycles. The Labute approximate surface area is 97.5 Å².